The minimum atomic E-state index is -1.00. The molecule has 0 aromatic rings. The van der Waals surface area contributed by atoms with Gasteiger partial charge in [0.15, 0.2) is 0 Å². The highest BCUT2D eigenvalue weighted by molar-refractivity contribution is 7.80. The van der Waals surface area contributed by atoms with Crippen LogP contribution in [0.1, 0.15) is 6.92 Å². The lowest BCUT2D eigenvalue weighted by atomic mass is 10.4. The standard InChI is InChI=1S/C3H7NO2S.C2H3N/c4-2(1-7)3(5)6;1-2-3/h2,7H,1,4H2,(H,5,6);1H3/t2-;/m0./s1. The maximum absolute atomic E-state index is 9.76. The predicted molar refractivity (Wildman–Crippen MR) is 40.8 cm³/mol. The molecule has 0 fully saturated rings. The van der Waals surface area contributed by atoms with E-state index in [9.17, 15) is 4.79 Å². The molecule has 0 aliphatic rings. The van der Waals surface area contributed by atoms with Crippen LogP contribution in [0.2, 0.25) is 0 Å². The number of carboxylic acids is 1. The van der Waals surface area contributed by atoms with Crippen molar-refractivity contribution in [2.45, 2.75) is 13.0 Å². The molecule has 0 bridgehead atoms. The quantitative estimate of drug-likeness (QED) is 0.493. The van der Waals surface area contributed by atoms with Crippen LogP contribution in [-0.4, -0.2) is 22.9 Å². The van der Waals surface area contributed by atoms with E-state index in [-0.39, 0.29) is 5.75 Å². The van der Waals surface area contributed by atoms with E-state index < -0.39 is 12.0 Å². The molecule has 0 unspecified atom stereocenters. The van der Waals surface area contributed by atoms with E-state index in [1.807, 2.05) is 0 Å². The highest BCUT2D eigenvalue weighted by Gasteiger charge is 2.06. The normalized spacial score (nSPS) is 10.2. The molecule has 1 atom stereocenters. The van der Waals surface area contributed by atoms with Crippen molar-refractivity contribution in [2.24, 2.45) is 5.73 Å². The van der Waals surface area contributed by atoms with Crippen molar-refractivity contribution in [3.05, 3.63) is 0 Å². The third-order valence-corrected chi connectivity index (χ3v) is 0.907. The van der Waals surface area contributed by atoms with Crippen LogP contribution in [-0.2, 0) is 4.79 Å². The summed E-state index contributed by atoms with van der Waals surface area (Å²) in [4.78, 5) is 9.76. The summed E-state index contributed by atoms with van der Waals surface area (Å²) in [5.41, 5.74) is 4.94. The second-order valence-corrected chi connectivity index (χ2v) is 1.72. The van der Waals surface area contributed by atoms with Crippen molar-refractivity contribution >= 4 is 18.6 Å². The van der Waals surface area contributed by atoms with E-state index in [1.54, 1.807) is 6.07 Å². The van der Waals surface area contributed by atoms with Crippen molar-refractivity contribution in [3.63, 3.8) is 0 Å². The molecular formula is C5H10N2O2S. The van der Waals surface area contributed by atoms with Gasteiger partial charge in [-0.15, -0.1) is 0 Å². The van der Waals surface area contributed by atoms with Gasteiger partial charge in [-0.05, 0) is 0 Å². The fraction of sp³-hybridized carbons (Fsp3) is 0.600. The Hall–Kier alpha value is -0.730. The van der Waals surface area contributed by atoms with Crippen molar-refractivity contribution in [3.8, 4) is 6.07 Å². The molecular weight excluding hydrogens is 152 g/mol. The van der Waals surface area contributed by atoms with Crippen LogP contribution in [0.15, 0.2) is 0 Å². The zero-order chi connectivity index (χ0) is 8.57. The predicted octanol–water partition coefficient (Wildman–Crippen LogP) is -0.142. The Morgan fingerprint density at radius 2 is 2.30 bits per heavy atom. The molecule has 0 amide bonds. The Morgan fingerprint density at radius 1 is 2.00 bits per heavy atom. The smallest absolute Gasteiger partial charge is 0.321 e. The number of hydrogen-bond donors (Lipinski definition) is 3. The van der Waals surface area contributed by atoms with Gasteiger partial charge in [-0.2, -0.15) is 17.9 Å². The van der Waals surface area contributed by atoms with Crippen LogP contribution in [0.25, 0.3) is 0 Å². The molecule has 0 radical (unpaired) electrons. The molecule has 0 rings (SSSR count). The zero-order valence-electron chi connectivity index (χ0n) is 5.61. The maximum Gasteiger partial charge on any atom is 0.321 e. The Morgan fingerprint density at radius 3 is 2.30 bits per heavy atom. The van der Waals surface area contributed by atoms with Gasteiger partial charge in [0.1, 0.15) is 6.04 Å². The first-order chi connectivity index (χ1) is 4.59. The molecule has 0 heterocycles. The lowest BCUT2D eigenvalue weighted by molar-refractivity contribution is -0.137. The van der Waals surface area contributed by atoms with E-state index in [1.165, 1.54) is 6.92 Å². The van der Waals surface area contributed by atoms with Crippen LogP contribution in [0.5, 0.6) is 0 Å². The van der Waals surface area contributed by atoms with E-state index in [0.717, 1.165) is 0 Å². The maximum atomic E-state index is 9.76. The van der Waals surface area contributed by atoms with Crippen molar-refractivity contribution < 1.29 is 9.90 Å². The van der Waals surface area contributed by atoms with E-state index in [0.29, 0.717) is 0 Å². The zero-order valence-corrected chi connectivity index (χ0v) is 6.51. The molecule has 0 saturated carbocycles. The summed E-state index contributed by atoms with van der Waals surface area (Å²) < 4.78 is 0. The molecule has 0 aromatic carbocycles. The monoisotopic (exact) mass is 162 g/mol. The highest BCUT2D eigenvalue weighted by atomic mass is 32.1. The van der Waals surface area contributed by atoms with Crippen molar-refractivity contribution in [1.82, 2.24) is 0 Å². The van der Waals surface area contributed by atoms with Crippen LogP contribution in [0.3, 0.4) is 0 Å². The largest absolute Gasteiger partial charge is 0.480 e. The fourth-order valence-corrected chi connectivity index (χ4v) is 0.234. The molecule has 4 nitrogen and oxygen atoms in total. The molecule has 10 heavy (non-hydrogen) atoms. The van der Waals surface area contributed by atoms with Crippen LogP contribution in [0, 0.1) is 11.3 Å². The Bertz CT molecular complexity index is 132. The first kappa shape index (κ1) is 12.0. The van der Waals surface area contributed by atoms with Crippen molar-refractivity contribution in [2.75, 3.05) is 5.75 Å². The molecule has 58 valence electrons. The summed E-state index contributed by atoms with van der Waals surface area (Å²) in [6.07, 6.45) is 0. The second kappa shape index (κ2) is 8.27. The van der Waals surface area contributed by atoms with Gasteiger partial charge in [0.2, 0.25) is 0 Å². The van der Waals surface area contributed by atoms with Crippen LogP contribution in [0.4, 0.5) is 0 Å². The number of nitrogens with zero attached hydrogens (tertiary/aromatic N) is 1. The SMILES string of the molecule is CC#N.N[C@@H](CS)C(=O)O. The number of rotatable bonds is 2. The lowest BCUT2D eigenvalue weighted by Gasteiger charge is -1.96. The minimum absolute atomic E-state index is 0.190. The van der Waals surface area contributed by atoms with Gasteiger partial charge in [-0.3, -0.25) is 4.79 Å². The summed E-state index contributed by atoms with van der Waals surface area (Å²) in [6, 6.07) is 0.934. The average molecular weight is 162 g/mol. The van der Waals surface area contributed by atoms with Gasteiger partial charge in [-0.25, -0.2) is 0 Å². The molecule has 0 saturated heterocycles. The van der Waals surface area contributed by atoms with Gasteiger partial charge in [0.25, 0.3) is 0 Å². The van der Waals surface area contributed by atoms with Gasteiger partial charge in [0.05, 0.1) is 6.07 Å². The number of nitrogens with two attached hydrogens (primary N) is 1. The van der Waals surface area contributed by atoms with Crippen LogP contribution < -0.4 is 5.73 Å². The lowest BCUT2D eigenvalue weighted by Crippen LogP contribution is -2.31. The summed E-state index contributed by atoms with van der Waals surface area (Å²) >= 11 is 3.65. The van der Waals surface area contributed by atoms with E-state index >= 15 is 0 Å². The summed E-state index contributed by atoms with van der Waals surface area (Å²) in [5.74, 6) is -0.815. The molecule has 0 aliphatic heterocycles. The highest BCUT2D eigenvalue weighted by Crippen LogP contribution is 1.80. The average Bonchev–Trinajstić information content (AvgIpc) is 1.88. The van der Waals surface area contributed by atoms with Gasteiger partial charge < -0.3 is 10.8 Å². The summed E-state index contributed by atoms with van der Waals surface area (Å²) in [6.45, 7) is 1.43. The first-order valence-corrected chi connectivity index (χ1v) is 3.13. The van der Waals surface area contributed by atoms with Gasteiger partial charge in [0, 0.05) is 12.7 Å². The topological polar surface area (TPSA) is 87.1 Å². The number of aliphatic carboxylic acids is 1. The minimum Gasteiger partial charge on any atom is -0.480 e. The molecule has 0 spiro atoms. The van der Waals surface area contributed by atoms with E-state index in [2.05, 4.69) is 12.6 Å². The molecule has 0 aromatic heterocycles. The number of carbonyl (C=O) groups is 1. The Kier molecular flexibility index (Phi) is 9.92. The van der Waals surface area contributed by atoms with E-state index in [4.69, 9.17) is 16.1 Å². The molecule has 5 heteroatoms. The number of thiol groups is 1. The number of carboxylic acid groups (broad SMARTS) is 1. The Labute approximate surface area is 65.0 Å². The third kappa shape index (κ3) is 10.3. The number of hydrogen-bond acceptors (Lipinski definition) is 4. The first-order valence-electron chi connectivity index (χ1n) is 2.50. The van der Waals surface area contributed by atoms with Gasteiger partial charge >= 0.3 is 5.97 Å². The summed E-state index contributed by atoms with van der Waals surface area (Å²) in [5, 5.41) is 15.3. The summed E-state index contributed by atoms with van der Waals surface area (Å²) in [7, 11) is 0. The van der Waals surface area contributed by atoms with Gasteiger partial charge in [-0.1, -0.05) is 0 Å². The number of nitriles is 1. The third-order valence-electron chi connectivity index (χ3n) is 0.514. The Balaban J connectivity index is 0. The fourth-order valence-electron chi connectivity index (χ4n) is 0.0781. The van der Waals surface area contributed by atoms with Crippen LogP contribution >= 0.6 is 12.6 Å². The molecule has 3 N–H and O–H groups in total. The molecule has 0 aliphatic carbocycles. The van der Waals surface area contributed by atoms with Crippen molar-refractivity contribution in [1.29, 1.82) is 5.26 Å². The second-order valence-electron chi connectivity index (χ2n) is 1.35.